The van der Waals surface area contributed by atoms with Crippen molar-refractivity contribution in [2.45, 2.75) is 19.3 Å². The second-order valence-corrected chi connectivity index (χ2v) is 4.71. The number of nitriles is 1. The number of hydrogen-bond donors (Lipinski definition) is 0. The molecule has 0 aromatic rings. The Morgan fingerprint density at radius 1 is 1.45 bits per heavy atom. The first-order valence-electron chi connectivity index (χ1n) is 3.58. The van der Waals surface area contributed by atoms with Crippen LogP contribution in [-0.4, -0.2) is 22.3 Å². The van der Waals surface area contributed by atoms with Crippen LogP contribution in [-0.2, 0) is 11.2 Å². The molecule has 0 spiro atoms. The first-order chi connectivity index (χ1) is 5.27. The van der Waals surface area contributed by atoms with Gasteiger partial charge in [0.25, 0.3) is 0 Å². The van der Waals surface area contributed by atoms with Crippen LogP contribution in [0.5, 0.6) is 0 Å². The monoisotopic (exact) mass is 191 g/mol. The normalized spacial score (nSPS) is 12.5. The molecule has 0 aromatic heterocycles. The van der Waals surface area contributed by atoms with Gasteiger partial charge in [0.15, 0.2) is 0 Å². The molecule has 64 valence electrons. The number of unbranched alkanes of at least 4 members (excludes halogenated alkanes) is 2. The van der Waals surface area contributed by atoms with E-state index in [1.807, 2.05) is 5.40 Å². The van der Waals surface area contributed by atoms with Crippen LogP contribution >= 0.6 is 11.8 Å². The molecule has 0 N–H and O–H groups in total. The highest BCUT2D eigenvalue weighted by molar-refractivity contribution is 8.03. The van der Waals surface area contributed by atoms with Crippen molar-refractivity contribution in [3.8, 4) is 5.40 Å². The van der Waals surface area contributed by atoms with Gasteiger partial charge in [-0.25, -0.2) is 0 Å². The summed E-state index contributed by atoms with van der Waals surface area (Å²) in [4.78, 5) is 0. The van der Waals surface area contributed by atoms with Crippen LogP contribution in [0.3, 0.4) is 0 Å². The van der Waals surface area contributed by atoms with Crippen molar-refractivity contribution >= 4 is 22.9 Å². The third-order valence-corrected chi connectivity index (χ3v) is 2.73. The van der Waals surface area contributed by atoms with Gasteiger partial charge in [0.05, 0.1) is 6.26 Å². The average molecular weight is 191 g/mol. The lowest BCUT2D eigenvalue weighted by molar-refractivity contribution is 0.596. The van der Waals surface area contributed by atoms with Gasteiger partial charge in [-0.2, -0.15) is 5.26 Å². The smallest absolute Gasteiger partial charge is 0.133 e. The highest BCUT2D eigenvalue weighted by Gasteiger charge is 1.96. The van der Waals surface area contributed by atoms with Crippen LogP contribution in [0.25, 0.3) is 0 Å². The topological polar surface area (TPSA) is 46.8 Å². The van der Waals surface area contributed by atoms with Crippen LogP contribution in [0.2, 0.25) is 0 Å². The highest BCUT2D eigenvalue weighted by atomic mass is 32.2. The van der Waals surface area contributed by atoms with Crippen molar-refractivity contribution in [1.29, 1.82) is 5.26 Å². The first kappa shape index (κ1) is 11.2. The van der Waals surface area contributed by atoms with Crippen molar-refractivity contribution in [2.24, 2.45) is 0 Å². The molecule has 0 aliphatic rings. The summed E-state index contributed by atoms with van der Waals surface area (Å²) < 4.78 is 10.6. The standard InChI is InChI=1S/C7H13NOS2/c1-11(9)6-4-2-3-5-10-7-8/h2-6H2,1H3. The van der Waals surface area contributed by atoms with Gasteiger partial charge in [-0.15, -0.1) is 0 Å². The molecule has 0 fully saturated rings. The third kappa shape index (κ3) is 10.2. The number of hydrogen-bond acceptors (Lipinski definition) is 3. The van der Waals surface area contributed by atoms with Gasteiger partial charge in [-0.05, 0) is 31.0 Å². The maximum Gasteiger partial charge on any atom is 0.133 e. The van der Waals surface area contributed by atoms with Gasteiger partial charge in [0.1, 0.15) is 11.2 Å². The van der Waals surface area contributed by atoms with E-state index in [0.29, 0.717) is 0 Å². The zero-order valence-corrected chi connectivity index (χ0v) is 8.34. The summed E-state index contributed by atoms with van der Waals surface area (Å²) in [5, 5.41) is 10.2. The molecule has 0 radical (unpaired) electrons. The van der Waals surface area contributed by atoms with E-state index in [2.05, 4.69) is 0 Å². The predicted octanol–water partition coefficient (Wildman–Crippen LogP) is 1.75. The number of thioether (sulfide) groups is 1. The molecule has 0 amide bonds. The summed E-state index contributed by atoms with van der Waals surface area (Å²) in [6, 6.07) is 0. The molecule has 0 heterocycles. The van der Waals surface area contributed by atoms with Gasteiger partial charge in [-0.1, -0.05) is 11.2 Å². The van der Waals surface area contributed by atoms with Crippen molar-refractivity contribution in [1.82, 2.24) is 0 Å². The van der Waals surface area contributed by atoms with E-state index < -0.39 is 11.2 Å². The largest absolute Gasteiger partial charge is 0.617 e. The fourth-order valence-corrected chi connectivity index (χ4v) is 1.75. The molecular weight excluding hydrogens is 178 g/mol. The molecule has 1 unspecified atom stereocenters. The Balaban J connectivity index is 2.86. The van der Waals surface area contributed by atoms with E-state index in [-0.39, 0.29) is 0 Å². The summed E-state index contributed by atoms with van der Waals surface area (Å²) in [6.45, 7) is 0. The summed E-state index contributed by atoms with van der Waals surface area (Å²) in [5.74, 6) is 1.71. The SMILES string of the molecule is C[S+]([O-])CCCCCSC#N. The molecule has 0 aliphatic carbocycles. The quantitative estimate of drug-likeness (QED) is 0.365. The molecule has 4 heteroatoms. The minimum absolute atomic E-state index is 0.645. The van der Waals surface area contributed by atoms with Crippen molar-refractivity contribution < 1.29 is 4.55 Å². The van der Waals surface area contributed by atoms with Gasteiger partial charge >= 0.3 is 0 Å². The van der Waals surface area contributed by atoms with Crippen molar-refractivity contribution in [2.75, 3.05) is 17.8 Å². The number of rotatable bonds is 6. The molecule has 1 atom stereocenters. The second-order valence-electron chi connectivity index (χ2n) is 2.28. The van der Waals surface area contributed by atoms with Gasteiger partial charge in [-0.3, -0.25) is 0 Å². The van der Waals surface area contributed by atoms with E-state index in [4.69, 9.17) is 5.26 Å². The number of nitrogens with zero attached hydrogens (tertiary/aromatic N) is 1. The van der Waals surface area contributed by atoms with E-state index in [1.165, 1.54) is 11.8 Å². The van der Waals surface area contributed by atoms with E-state index >= 15 is 0 Å². The van der Waals surface area contributed by atoms with Crippen LogP contribution in [0, 0.1) is 10.7 Å². The van der Waals surface area contributed by atoms with Crippen LogP contribution < -0.4 is 0 Å². The summed E-state index contributed by atoms with van der Waals surface area (Å²) in [7, 11) is 0. The maximum atomic E-state index is 10.6. The fourth-order valence-electron chi connectivity index (χ4n) is 0.702. The molecular formula is C7H13NOS2. The fraction of sp³-hybridized carbons (Fsp3) is 0.857. The summed E-state index contributed by atoms with van der Waals surface area (Å²) >= 11 is 0.652. The minimum atomic E-state index is -0.645. The van der Waals surface area contributed by atoms with Crippen molar-refractivity contribution in [3.63, 3.8) is 0 Å². The molecule has 0 saturated carbocycles. The Kier molecular flexibility index (Phi) is 8.36. The van der Waals surface area contributed by atoms with Gasteiger partial charge < -0.3 is 4.55 Å². The highest BCUT2D eigenvalue weighted by Crippen LogP contribution is 2.04. The summed E-state index contributed by atoms with van der Waals surface area (Å²) in [6.07, 6.45) is 4.91. The van der Waals surface area contributed by atoms with Gasteiger partial charge in [0, 0.05) is 5.75 Å². The van der Waals surface area contributed by atoms with Crippen LogP contribution in [0.15, 0.2) is 0 Å². The van der Waals surface area contributed by atoms with Crippen LogP contribution in [0.4, 0.5) is 0 Å². The lowest BCUT2D eigenvalue weighted by Crippen LogP contribution is -2.02. The van der Waals surface area contributed by atoms with E-state index in [1.54, 1.807) is 6.26 Å². The number of thiocyanates is 1. The minimum Gasteiger partial charge on any atom is -0.617 e. The van der Waals surface area contributed by atoms with E-state index in [9.17, 15) is 4.55 Å². The predicted molar refractivity (Wildman–Crippen MR) is 50.9 cm³/mol. The average Bonchev–Trinajstić information content (AvgIpc) is 1.96. The Morgan fingerprint density at radius 3 is 2.73 bits per heavy atom. The third-order valence-electron chi connectivity index (χ3n) is 1.24. The lowest BCUT2D eigenvalue weighted by Gasteiger charge is -2.02. The molecule has 0 bridgehead atoms. The Bertz CT molecular complexity index is 122. The Hall–Kier alpha value is 0.150. The second kappa shape index (κ2) is 8.25. The molecule has 11 heavy (non-hydrogen) atoms. The zero-order valence-electron chi connectivity index (χ0n) is 6.71. The molecule has 2 nitrogen and oxygen atoms in total. The first-order valence-corrected chi connectivity index (χ1v) is 6.29. The molecule has 0 aliphatic heterocycles. The maximum absolute atomic E-state index is 10.6. The Morgan fingerprint density at radius 2 is 2.18 bits per heavy atom. The summed E-state index contributed by atoms with van der Waals surface area (Å²) in [5.41, 5.74) is 0. The van der Waals surface area contributed by atoms with Crippen LogP contribution in [0.1, 0.15) is 19.3 Å². The molecule has 0 saturated heterocycles. The molecule has 0 aromatic carbocycles. The Labute approximate surface area is 75.5 Å². The van der Waals surface area contributed by atoms with E-state index in [0.717, 1.165) is 30.8 Å². The van der Waals surface area contributed by atoms with Gasteiger partial charge in [0.2, 0.25) is 0 Å². The zero-order chi connectivity index (χ0) is 8.53. The van der Waals surface area contributed by atoms with Crippen molar-refractivity contribution in [3.05, 3.63) is 0 Å². The lowest BCUT2D eigenvalue weighted by atomic mass is 10.3. The molecule has 0 rings (SSSR count).